The van der Waals surface area contributed by atoms with Crippen LogP contribution >= 0.6 is 15.9 Å². The number of fused-ring (bicyclic) bond motifs is 1. The van der Waals surface area contributed by atoms with Crippen LogP contribution in [0.3, 0.4) is 0 Å². The van der Waals surface area contributed by atoms with Crippen LogP contribution in [-0.2, 0) is 0 Å². The highest BCUT2D eigenvalue weighted by Gasteiger charge is 2.23. The fourth-order valence-electron chi connectivity index (χ4n) is 1.56. The molecule has 0 amide bonds. The standard InChI is InChI=1S/C10H12BrNO2/c1-12-8(5-13)6-14-10-3-2-7(11)4-9(10)12/h2-4,8,13H,5-6H2,1H3. The summed E-state index contributed by atoms with van der Waals surface area (Å²) in [6, 6.07) is 5.93. The quantitative estimate of drug-likeness (QED) is 0.831. The van der Waals surface area contributed by atoms with Gasteiger partial charge in [0.25, 0.3) is 0 Å². The Kier molecular flexibility index (Phi) is 2.65. The molecular formula is C10H12BrNO2. The van der Waals surface area contributed by atoms with Gasteiger partial charge in [-0.25, -0.2) is 0 Å². The minimum Gasteiger partial charge on any atom is -0.489 e. The number of ether oxygens (including phenoxy) is 1. The zero-order valence-electron chi connectivity index (χ0n) is 7.90. The molecule has 14 heavy (non-hydrogen) atoms. The minimum absolute atomic E-state index is 0.0526. The van der Waals surface area contributed by atoms with Crippen LogP contribution < -0.4 is 9.64 Å². The van der Waals surface area contributed by atoms with Crippen molar-refractivity contribution in [2.45, 2.75) is 6.04 Å². The fourth-order valence-corrected chi connectivity index (χ4v) is 1.91. The number of nitrogens with zero attached hydrogens (tertiary/aromatic N) is 1. The molecular weight excluding hydrogens is 246 g/mol. The largest absolute Gasteiger partial charge is 0.489 e. The lowest BCUT2D eigenvalue weighted by atomic mass is 10.2. The Hall–Kier alpha value is -0.740. The third kappa shape index (κ3) is 1.60. The van der Waals surface area contributed by atoms with Gasteiger partial charge in [0.1, 0.15) is 12.4 Å². The molecule has 1 aromatic carbocycles. The SMILES string of the molecule is CN1c2cc(Br)ccc2OCC1CO. The number of anilines is 1. The number of likely N-dealkylation sites (N-methyl/N-ethyl adjacent to an activating group) is 1. The van der Waals surface area contributed by atoms with Gasteiger partial charge in [-0.2, -0.15) is 0 Å². The molecule has 1 aliphatic heterocycles. The molecule has 1 unspecified atom stereocenters. The van der Waals surface area contributed by atoms with Crippen LogP contribution in [0.15, 0.2) is 22.7 Å². The molecule has 76 valence electrons. The van der Waals surface area contributed by atoms with E-state index in [-0.39, 0.29) is 12.6 Å². The molecule has 1 atom stereocenters. The highest BCUT2D eigenvalue weighted by Crippen LogP contribution is 2.34. The van der Waals surface area contributed by atoms with Crippen LogP contribution in [-0.4, -0.2) is 31.4 Å². The normalized spacial score (nSPS) is 20.2. The van der Waals surface area contributed by atoms with Gasteiger partial charge >= 0.3 is 0 Å². The second kappa shape index (κ2) is 3.79. The number of aliphatic hydroxyl groups excluding tert-OH is 1. The fraction of sp³-hybridized carbons (Fsp3) is 0.400. The van der Waals surface area contributed by atoms with Crippen molar-refractivity contribution in [2.24, 2.45) is 0 Å². The molecule has 1 heterocycles. The van der Waals surface area contributed by atoms with Crippen LogP contribution in [0.25, 0.3) is 0 Å². The summed E-state index contributed by atoms with van der Waals surface area (Å²) in [5, 5.41) is 9.12. The van der Waals surface area contributed by atoms with Gasteiger partial charge in [-0.15, -0.1) is 0 Å². The van der Waals surface area contributed by atoms with Crippen molar-refractivity contribution < 1.29 is 9.84 Å². The maximum atomic E-state index is 9.12. The third-order valence-electron chi connectivity index (χ3n) is 2.49. The predicted molar refractivity (Wildman–Crippen MR) is 58.9 cm³/mol. The number of halogens is 1. The average molecular weight is 258 g/mol. The molecule has 4 heteroatoms. The summed E-state index contributed by atoms with van der Waals surface area (Å²) in [5.74, 6) is 0.875. The molecule has 0 saturated carbocycles. The molecule has 0 aliphatic carbocycles. The second-order valence-electron chi connectivity index (χ2n) is 3.37. The van der Waals surface area contributed by atoms with Crippen molar-refractivity contribution >= 4 is 21.6 Å². The summed E-state index contributed by atoms with van der Waals surface area (Å²) < 4.78 is 6.55. The first-order valence-corrected chi connectivity index (χ1v) is 5.27. The van der Waals surface area contributed by atoms with Crippen LogP contribution in [0, 0.1) is 0 Å². The summed E-state index contributed by atoms with van der Waals surface area (Å²) >= 11 is 3.42. The highest BCUT2D eigenvalue weighted by molar-refractivity contribution is 9.10. The summed E-state index contributed by atoms with van der Waals surface area (Å²) in [4.78, 5) is 2.05. The molecule has 3 nitrogen and oxygen atoms in total. The van der Waals surface area contributed by atoms with Crippen LogP contribution in [0.1, 0.15) is 0 Å². The Bertz CT molecular complexity index is 343. The van der Waals surface area contributed by atoms with E-state index in [1.165, 1.54) is 0 Å². The second-order valence-corrected chi connectivity index (χ2v) is 4.29. The van der Waals surface area contributed by atoms with Gasteiger partial charge in [0.2, 0.25) is 0 Å². The Morgan fingerprint density at radius 3 is 3.14 bits per heavy atom. The Morgan fingerprint density at radius 1 is 1.64 bits per heavy atom. The Balaban J connectivity index is 2.38. The first kappa shape index (κ1) is 9.80. The topological polar surface area (TPSA) is 32.7 Å². The summed E-state index contributed by atoms with van der Waals surface area (Å²) in [7, 11) is 1.97. The number of hydrogen-bond acceptors (Lipinski definition) is 3. The molecule has 0 saturated heterocycles. The molecule has 0 fully saturated rings. The summed E-state index contributed by atoms with van der Waals surface area (Å²) in [5.41, 5.74) is 1.02. The van der Waals surface area contributed by atoms with Crippen molar-refractivity contribution in [1.82, 2.24) is 0 Å². The number of aliphatic hydroxyl groups is 1. The number of hydrogen-bond donors (Lipinski definition) is 1. The van der Waals surface area contributed by atoms with Gasteiger partial charge in [0, 0.05) is 11.5 Å². The van der Waals surface area contributed by atoms with Crippen molar-refractivity contribution in [3.05, 3.63) is 22.7 Å². The molecule has 1 aliphatic rings. The van der Waals surface area contributed by atoms with Gasteiger partial charge in [-0.05, 0) is 18.2 Å². The average Bonchev–Trinajstić information content (AvgIpc) is 2.20. The molecule has 0 radical (unpaired) electrons. The zero-order chi connectivity index (χ0) is 10.1. The Labute approximate surface area is 91.4 Å². The van der Waals surface area contributed by atoms with Gasteiger partial charge in [0.05, 0.1) is 18.3 Å². The molecule has 1 N–H and O–H groups in total. The first-order valence-electron chi connectivity index (χ1n) is 4.48. The number of benzene rings is 1. The van der Waals surface area contributed by atoms with E-state index in [0.29, 0.717) is 6.61 Å². The summed E-state index contributed by atoms with van der Waals surface area (Å²) in [6.45, 7) is 0.657. The lowest BCUT2D eigenvalue weighted by molar-refractivity contribution is 0.191. The van der Waals surface area contributed by atoms with Crippen molar-refractivity contribution in [2.75, 3.05) is 25.2 Å². The van der Waals surface area contributed by atoms with E-state index in [4.69, 9.17) is 9.84 Å². The van der Waals surface area contributed by atoms with Crippen LogP contribution in [0.5, 0.6) is 5.75 Å². The maximum Gasteiger partial charge on any atom is 0.142 e. The first-order chi connectivity index (χ1) is 6.72. The van der Waals surface area contributed by atoms with E-state index >= 15 is 0 Å². The third-order valence-corrected chi connectivity index (χ3v) is 2.98. The van der Waals surface area contributed by atoms with E-state index in [1.54, 1.807) is 0 Å². The monoisotopic (exact) mass is 257 g/mol. The summed E-state index contributed by atoms with van der Waals surface area (Å²) in [6.07, 6.45) is 0. The van der Waals surface area contributed by atoms with E-state index in [1.807, 2.05) is 30.1 Å². The van der Waals surface area contributed by atoms with E-state index in [0.717, 1.165) is 15.9 Å². The van der Waals surface area contributed by atoms with Crippen molar-refractivity contribution in [3.63, 3.8) is 0 Å². The highest BCUT2D eigenvalue weighted by atomic mass is 79.9. The van der Waals surface area contributed by atoms with E-state index < -0.39 is 0 Å². The van der Waals surface area contributed by atoms with E-state index in [9.17, 15) is 0 Å². The van der Waals surface area contributed by atoms with E-state index in [2.05, 4.69) is 15.9 Å². The van der Waals surface area contributed by atoms with Gasteiger partial charge in [0.15, 0.2) is 0 Å². The predicted octanol–water partition coefficient (Wildman–Crippen LogP) is 1.64. The van der Waals surface area contributed by atoms with Gasteiger partial charge in [-0.1, -0.05) is 15.9 Å². The molecule has 0 bridgehead atoms. The van der Waals surface area contributed by atoms with Gasteiger partial charge < -0.3 is 14.7 Å². The number of rotatable bonds is 1. The molecule has 0 spiro atoms. The van der Waals surface area contributed by atoms with Crippen molar-refractivity contribution in [3.8, 4) is 5.75 Å². The maximum absolute atomic E-state index is 9.12. The lowest BCUT2D eigenvalue weighted by Gasteiger charge is -2.34. The molecule has 1 aromatic rings. The molecule has 2 rings (SSSR count). The zero-order valence-corrected chi connectivity index (χ0v) is 9.49. The minimum atomic E-state index is 0.0526. The Morgan fingerprint density at radius 2 is 2.43 bits per heavy atom. The van der Waals surface area contributed by atoms with Crippen molar-refractivity contribution in [1.29, 1.82) is 0 Å². The molecule has 0 aromatic heterocycles. The van der Waals surface area contributed by atoms with Crippen LogP contribution in [0.4, 0.5) is 5.69 Å². The lowest BCUT2D eigenvalue weighted by Crippen LogP contribution is -2.42. The smallest absolute Gasteiger partial charge is 0.142 e. The van der Waals surface area contributed by atoms with Crippen LogP contribution in [0.2, 0.25) is 0 Å². The van der Waals surface area contributed by atoms with Gasteiger partial charge in [-0.3, -0.25) is 0 Å².